The van der Waals surface area contributed by atoms with Crippen LogP contribution in [0.1, 0.15) is 19.3 Å². The van der Waals surface area contributed by atoms with E-state index >= 15 is 0 Å². The van der Waals surface area contributed by atoms with E-state index in [-0.39, 0.29) is 23.7 Å². The van der Waals surface area contributed by atoms with Crippen molar-refractivity contribution in [3.63, 3.8) is 0 Å². The number of aliphatic imine (C=N–C) groups is 2. The van der Waals surface area contributed by atoms with Gasteiger partial charge in [0.05, 0.1) is 0 Å². The lowest BCUT2D eigenvalue weighted by Crippen LogP contribution is -2.21. The average Bonchev–Trinajstić information content (AvgIpc) is 2.64. The standard InChI is InChI=1S/C6H10N6O.C5H8/c7-5(8)11-3-1-2-4(13-3)12-6(9)10;1-2-5-3-4(1)5/h1-2H,(H4,7,8,11)(H4,9,10,12);4-5H,1-3H2. The van der Waals surface area contributed by atoms with Crippen LogP contribution < -0.4 is 22.9 Å². The van der Waals surface area contributed by atoms with Crippen molar-refractivity contribution in [3.05, 3.63) is 12.1 Å². The molecule has 18 heavy (non-hydrogen) atoms. The van der Waals surface area contributed by atoms with E-state index in [1.165, 1.54) is 11.8 Å². The molecule has 3 rings (SSSR count). The van der Waals surface area contributed by atoms with Crippen molar-refractivity contribution in [3.8, 4) is 0 Å². The van der Waals surface area contributed by atoms with E-state index in [2.05, 4.69) is 9.98 Å². The van der Waals surface area contributed by atoms with E-state index in [4.69, 9.17) is 27.4 Å². The zero-order valence-corrected chi connectivity index (χ0v) is 10.0. The van der Waals surface area contributed by atoms with Crippen molar-refractivity contribution in [2.24, 2.45) is 44.8 Å². The Labute approximate surface area is 105 Å². The zero-order valence-electron chi connectivity index (χ0n) is 10.0. The fraction of sp³-hybridized carbons (Fsp3) is 0.455. The maximum absolute atomic E-state index is 5.12. The van der Waals surface area contributed by atoms with Crippen LogP contribution in [-0.2, 0) is 0 Å². The fourth-order valence-electron chi connectivity index (χ4n) is 1.88. The topological polar surface area (TPSA) is 142 Å². The third-order valence-corrected chi connectivity index (χ3v) is 3.03. The van der Waals surface area contributed by atoms with Gasteiger partial charge in [-0.1, -0.05) is 0 Å². The van der Waals surface area contributed by atoms with Crippen LogP contribution in [0.3, 0.4) is 0 Å². The Bertz CT molecular complexity index is 425. The van der Waals surface area contributed by atoms with Gasteiger partial charge in [0.1, 0.15) is 0 Å². The second kappa shape index (κ2) is 4.99. The summed E-state index contributed by atoms with van der Waals surface area (Å²) in [4.78, 5) is 7.28. The quantitative estimate of drug-likeness (QED) is 0.446. The summed E-state index contributed by atoms with van der Waals surface area (Å²) in [5, 5.41) is 0. The van der Waals surface area contributed by atoms with Crippen LogP contribution in [-0.4, -0.2) is 11.9 Å². The third kappa shape index (κ3) is 3.41. The summed E-state index contributed by atoms with van der Waals surface area (Å²) in [5.74, 6) is 2.78. The van der Waals surface area contributed by atoms with Gasteiger partial charge in [-0.3, -0.25) is 0 Å². The summed E-state index contributed by atoms with van der Waals surface area (Å²) < 4.78 is 5.01. The molecular weight excluding hydrogens is 232 g/mol. The number of fused-ring (bicyclic) bond motifs is 1. The Balaban J connectivity index is 0.000000194. The second-order valence-electron chi connectivity index (χ2n) is 4.52. The molecule has 2 atom stereocenters. The summed E-state index contributed by atoms with van der Waals surface area (Å²) in [6, 6.07) is 3.09. The first-order valence-electron chi connectivity index (χ1n) is 5.83. The maximum Gasteiger partial charge on any atom is 0.224 e. The molecule has 0 aliphatic heterocycles. The molecule has 0 radical (unpaired) electrons. The van der Waals surface area contributed by atoms with Crippen LogP contribution in [0.25, 0.3) is 0 Å². The molecule has 0 amide bonds. The predicted octanol–water partition coefficient (Wildman–Crippen LogP) is 0.506. The molecule has 1 aromatic rings. The number of rotatable bonds is 2. The fourth-order valence-corrected chi connectivity index (χ4v) is 1.88. The smallest absolute Gasteiger partial charge is 0.224 e. The monoisotopic (exact) mass is 250 g/mol. The van der Waals surface area contributed by atoms with E-state index in [1.54, 1.807) is 31.4 Å². The van der Waals surface area contributed by atoms with Crippen LogP contribution in [0.4, 0.5) is 11.8 Å². The maximum atomic E-state index is 5.12. The van der Waals surface area contributed by atoms with Crippen molar-refractivity contribution in [1.82, 2.24) is 0 Å². The molecule has 7 heteroatoms. The number of nitrogens with two attached hydrogens (primary N) is 4. The largest absolute Gasteiger partial charge is 0.420 e. The van der Waals surface area contributed by atoms with Gasteiger partial charge in [0.25, 0.3) is 0 Å². The average molecular weight is 250 g/mol. The van der Waals surface area contributed by atoms with E-state index in [1.807, 2.05) is 0 Å². The van der Waals surface area contributed by atoms with Gasteiger partial charge in [0.15, 0.2) is 11.9 Å². The molecule has 0 saturated heterocycles. The van der Waals surface area contributed by atoms with Crippen molar-refractivity contribution in [1.29, 1.82) is 0 Å². The summed E-state index contributed by atoms with van der Waals surface area (Å²) in [6.45, 7) is 0. The molecule has 2 fully saturated rings. The normalized spacial score (nSPS) is 22.7. The van der Waals surface area contributed by atoms with Gasteiger partial charge in [0, 0.05) is 12.1 Å². The van der Waals surface area contributed by atoms with Crippen LogP contribution in [0.15, 0.2) is 26.5 Å². The minimum Gasteiger partial charge on any atom is -0.420 e. The lowest BCUT2D eigenvalue weighted by Gasteiger charge is -2.04. The molecule has 2 unspecified atom stereocenters. The van der Waals surface area contributed by atoms with Crippen molar-refractivity contribution in [2.75, 3.05) is 0 Å². The third-order valence-electron chi connectivity index (χ3n) is 3.03. The highest BCUT2D eigenvalue weighted by atomic mass is 16.4. The number of furan rings is 1. The van der Waals surface area contributed by atoms with E-state index in [0.29, 0.717) is 0 Å². The summed E-state index contributed by atoms with van der Waals surface area (Å²) in [5.41, 5.74) is 20.5. The van der Waals surface area contributed by atoms with Crippen LogP contribution in [0.2, 0.25) is 0 Å². The molecule has 2 aliphatic rings. The molecule has 8 N–H and O–H groups in total. The van der Waals surface area contributed by atoms with Gasteiger partial charge < -0.3 is 27.4 Å². The summed E-state index contributed by atoms with van der Waals surface area (Å²) in [7, 11) is 0. The molecule has 7 nitrogen and oxygen atoms in total. The lowest BCUT2D eigenvalue weighted by atomic mass is 10.0. The molecule has 98 valence electrons. The number of hydrogen-bond donors (Lipinski definition) is 4. The number of hydrogen-bond acceptors (Lipinski definition) is 3. The second-order valence-corrected chi connectivity index (χ2v) is 4.52. The molecule has 2 saturated carbocycles. The summed E-state index contributed by atoms with van der Waals surface area (Å²) in [6.07, 6.45) is 4.70. The van der Waals surface area contributed by atoms with E-state index in [0.717, 1.165) is 0 Å². The van der Waals surface area contributed by atoms with Gasteiger partial charge in [0.2, 0.25) is 11.8 Å². The molecular formula is C11H18N6O. The van der Waals surface area contributed by atoms with Crippen molar-refractivity contribution in [2.45, 2.75) is 19.3 Å². The SMILES string of the molecule is C1CC2CC12.NC(N)=Nc1ccc(N=C(N)N)o1. The number of guanidine groups is 2. The Hall–Kier alpha value is -2.18. The van der Waals surface area contributed by atoms with Gasteiger partial charge >= 0.3 is 0 Å². The van der Waals surface area contributed by atoms with E-state index in [9.17, 15) is 0 Å². The van der Waals surface area contributed by atoms with E-state index < -0.39 is 0 Å². The van der Waals surface area contributed by atoms with Gasteiger partial charge in [-0.15, -0.1) is 0 Å². The minimum atomic E-state index is -0.0920. The molecule has 0 spiro atoms. The van der Waals surface area contributed by atoms with Crippen molar-refractivity contribution < 1.29 is 4.42 Å². The van der Waals surface area contributed by atoms with Gasteiger partial charge in [-0.05, 0) is 31.1 Å². The van der Waals surface area contributed by atoms with Gasteiger partial charge in [-0.2, -0.15) is 9.98 Å². The van der Waals surface area contributed by atoms with Crippen molar-refractivity contribution >= 4 is 23.7 Å². The predicted molar refractivity (Wildman–Crippen MR) is 70.5 cm³/mol. The Morgan fingerprint density at radius 2 is 1.39 bits per heavy atom. The Kier molecular flexibility index (Phi) is 3.40. The first-order valence-corrected chi connectivity index (χ1v) is 5.83. The Morgan fingerprint density at radius 1 is 0.944 bits per heavy atom. The van der Waals surface area contributed by atoms with Gasteiger partial charge in [-0.25, -0.2) is 0 Å². The summed E-state index contributed by atoms with van der Waals surface area (Å²) >= 11 is 0. The van der Waals surface area contributed by atoms with Crippen LogP contribution >= 0.6 is 0 Å². The Morgan fingerprint density at radius 3 is 1.61 bits per heavy atom. The highest BCUT2D eigenvalue weighted by Crippen LogP contribution is 2.55. The molecule has 1 aromatic heterocycles. The molecule has 2 aliphatic carbocycles. The minimum absolute atomic E-state index is 0.0920. The molecule has 1 heterocycles. The highest BCUT2D eigenvalue weighted by Gasteiger charge is 2.44. The van der Waals surface area contributed by atoms with Crippen LogP contribution in [0.5, 0.6) is 0 Å². The highest BCUT2D eigenvalue weighted by molar-refractivity contribution is 5.79. The van der Waals surface area contributed by atoms with Crippen LogP contribution in [0, 0.1) is 11.8 Å². The number of nitrogens with zero attached hydrogens (tertiary/aromatic N) is 2. The first kappa shape index (κ1) is 12.3. The lowest BCUT2D eigenvalue weighted by molar-refractivity contribution is 0.468. The molecule has 0 aromatic carbocycles. The zero-order chi connectivity index (χ0) is 13.1. The molecule has 0 bridgehead atoms. The first-order chi connectivity index (χ1) is 8.54.